The number of hydrogen-bond donors (Lipinski definition) is 2. The number of amides is 1. The number of carbonyl (C=O) groups is 1. The van der Waals surface area contributed by atoms with E-state index in [-0.39, 0.29) is 5.91 Å². The van der Waals surface area contributed by atoms with Crippen LogP contribution in [-0.4, -0.2) is 16.1 Å². The number of carbonyl (C=O) groups excluding carboxylic acids is 1. The number of anilines is 2. The van der Waals surface area contributed by atoms with E-state index >= 15 is 0 Å². The fourth-order valence-corrected chi connectivity index (χ4v) is 2.23. The van der Waals surface area contributed by atoms with Gasteiger partial charge in [0.15, 0.2) is 0 Å². The molecule has 7 heteroatoms. The second-order valence-electron chi connectivity index (χ2n) is 2.88. The summed E-state index contributed by atoms with van der Waals surface area (Å²) in [6.45, 7) is 0. The molecule has 2 rings (SSSR count). The third-order valence-electron chi connectivity index (χ3n) is 1.78. The van der Waals surface area contributed by atoms with Crippen LogP contribution in [0.4, 0.5) is 10.3 Å². The maximum atomic E-state index is 11.8. The molecule has 3 N–H and O–H groups in total. The van der Waals surface area contributed by atoms with E-state index in [2.05, 4.69) is 38.1 Å². The van der Waals surface area contributed by atoms with E-state index in [4.69, 9.17) is 5.73 Å². The van der Waals surface area contributed by atoms with Crippen molar-refractivity contribution < 1.29 is 4.79 Å². The summed E-state index contributed by atoms with van der Waals surface area (Å²) in [5.74, 6) is -0.207. The molecule has 0 atom stereocenters. The lowest BCUT2D eigenvalue weighted by molar-refractivity contribution is 0.102. The number of nitrogens with zero attached hydrogens (tertiary/aromatic N) is 2. The molecule has 0 aliphatic carbocycles. The average Bonchev–Trinajstić information content (AvgIpc) is 2.64. The molecule has 0 saturated heterocycles. The van der Waals surface area contributed by atoms with Gasteiger partial charge in [-0.05, 0) is 34.7 Å². The quantitative estimate of drug-likeness (QED) is 0.815. The van der Waals surface area contributed by atoms with Gasteiger partial charge in [-0.1, -0.05) is 23.5 Å². The summed E-state index contributed by atoms with van der Waals surface area (Å²) in [6, 6.07) is 7.30. The van der Waals surface area contributed by atoms with Crippen LogP contribution in [0.3, 0.4) is 0 Å². The van der Waals surface area contributed by atoms with Gasteiger partial charge in [-0.2, -0.15) is 0 Å². The third-order valence-corrected chi connectivity index (χ3v) is 3.39. The predicted molar refractivity (Wildman–Crippen MR) is 71.4 cm³/mol. The van der Waals surface area contributed by atoms with Gasteiger partial charge >= 0.3 is 0 Å². The van der Waals surface area contributed by atoms with Gasteiger partial charge in [0, 0.05) is 3.57 Å². The van der Waals surface area contributed by atoms with Crippen LogP contribution in [0.1, 0.15) is 10.4 Å². The van der Waals surface area contributed by atoms with Crippen LogP contribution in [0, 0.1) is 3.57 Å². The Labute approximate surface area is 109 Å². The minimum atomic E-state index is -0.207. The summed E-state index contributed by atoms with van der Waals surface area (Å²) < 4.78 is 0.884. The molecule has 1 aromatic heterocycles. The summed E-state index contributed by atoms with van der Waals surface area (Å²) in [4.78, 5) is 11.8. The van der Waals surface area contributed by atoms with Crippen molar-refractivity contribution in [3.05, 3.63) is 33.4 Å². The van der Waals surface area contributed by atoms with Gasteiger partial charge < -0.3 is 5.73 Å². The maximum absolute atomic E-state index is 11.8. The van der Waals surface area contributed by atoms with Gasteiger partial charge in [0.2, 0.25) is 10.3 Å². The molecule has 1 heterocycles. The van der Waals surface area contributed by atoms with Gasteiger partial charge in [0.05, 0.1) is 5.56 Å². The maximum Gasteiger partial charge on any atom is 0.258 e. The van der Waals surface area contributed by atoms with Crippen LogP contribution in [-0.2, 0) is 0 Å². The lowest BCUT2D eigenvalue weighted by Gasteiger charge is -2.02. The molecule has 0 aliphatic rings. The number of halogens is 1. The molecule has 16 heavy (non-hydrogen) atoms. The molecule has 1 amide bonds. The smallest absolute Gasteiger partial charge is 0.258 e. The van der Waals surface area contributed by atoms with Crippen molar-refractivity contribution in [2.75, 3.05) is 11.1 Å². The monoisotopic (exact) mass is 346 g/mol. The first-order valence-electron chi connectivity index (χ1n) is 4.31. The fourth-order valence-electron chi connectivity index (χ4n) is 1.09. The second-order valence-corrected chi connectivity index (χ2v) is 5.05. The number of nitrogens with two attached hydrogens (primary N) is 1. The standard InChI is InChI=1S/C9H7IN4OS/c10-6-4-2-1-3-5(6)7(15)12-9-14-13-8(11)16-9/h1-4H,(H2,11,13)(H,12,14,15). The van der Waals surface area contributed by atoms with E-state index < -0.39 is 0 Å². The van der Waals surface area contributed by atoms with Gasteiger partial charge in [0.1, 0.15) is 0 Å². The molecule has 1 aromatic carbocycles. The lowest BCUT2D eigenvalue weighted by atomic mass is 10.2. The van der Waals surface area contributed by atoms with Crippen molar-refractivity contribution in [1.29, 1.82) is 0 Å². The van der Waals surface area contributed by atoms with Crippen molar-refractivity contribution in [1.82, 2.24) is 10.2 Å². The highest BCUT2D eigenvalue weighted by molar-refractivity contribution is 14.1. The van der Waals surface area contributed by atoms with Crippen molar-refractivity contribution in [3.63, 3.8) is 0 Å². The number of hydrogen-bond acceptors (Lipinski definition) is 5. The summed E-state index contributed by atoms with van der Waals surface area (Å²) in [7, 11) is 0. The fraction of sp³-hybridized carbons (Fsp3) is 0. The molecule has 0 spiro atoms. The Balaban J connectivity index is 2.18. The predicted octanol–water partition coefficient (Wildman–Crippen LogP) is 1.98. The van der Waals surface area contributed by atoms with E-state index in [9.17, 15) is 4.79 Å². The molecule has 0 bridgehead atoms. The molecule has 82 valence electrons. The summed E-state index contributed by atoms with van der Waals surface area (Å²) >= 11 is 3.24. The highest BCUT2D eigenvalue weighted by Gasteiger charge is 2.11. The first-order valence-corrected chi connectivity index (χ1v) is 6.21. The Bertz CT molecular complexity index is 528. The van der Waals surface area contributed by atoms with E-state index in [0.29, 0.717) is 15.8 Å². The zero-order valence-corrected chi connectivity index (χ0v) is 10.9. The van der Waals surface area contributed by atoms with E-state index in [1.165, 1.54) is 0 Å². The Kier molecular flexibility index (Phi) is 3.34. The van der Waals surface area contributed by atoms with Crippen LogP contribution >= 0.6 is 33.9 Å². The largest absolute Gasteiger partial charge is 0.374 e. The summed E-state index contributed by atoms with van der Waals surface area (Å²) in [5.41, 5.74) is 6.02. The first kappa shape index (κ1) is 11.3. The van der Waals surface area contributed by atoms with E-state index in [1.807, 2.05) is 18.2 Å². The minimum Gasteiger partial charge on any atom is -0.374 e. The van der Waals surface area contributed by atoms with Crippen molar-refractivity contribution in [2.45, 2.75) is 0 Å². The number of benzene rings is 1. The number of rotatable bonds is 2. The van der Waals surface area contributed by atoms with Crippen LogP contribution < -0.4 is 11.1 Å². The first-order chi connectivity index (χ1) is 7.66. The highest BCUT2D eigenvalue weighted by atomic mass is 127. The zero-order valence-electron chi connectivity index (χ0n) is 7.98. The molecule has 0 unspecified atom stereocenters. The highest BCUT2D eigenvalue weighted by Crippen LogP contribution is 2.18. The SMILES string of the molecule is Nc1nnc(NC(=O)c2ccccc2I)s1. The topological polar surface area (TPSA) is 80.9 Å². The van der Waals surface area contributed by atoms with Crippen LogP contribution in [0.25, 0.3) is 0 Å². The zero-order chi connectivity index (χ0) is 11.5. The molecule has 5 nitrogen and oxygen atoms in total. The Hall–Kier alpha value is -1.22. The number of nitrogens with one attached hydrogen (secondary N) is 1. The second kappa shape index (κ2) is 4.74. The van der Waals surface area contributed by atoms with Crippen molar-refractivity contribution in [3.8, 4) is 0 Å². The van der Waals surface area contributed by atoms with Crippen LogP contribution in [0.2, 0.25) is 0 Å². The van der Waals surface area contributed by atoms with Gasteiger partial charge in [0.25, 0.3) is 5.91 Å². The van der Waals surface area contributed by atoms with Crippen molar-refractivity contribution in [2.24, 2.45) is 0 Å². The van der Waals surface area contributed by atoms with E-state index in [0.717, 1.165) is 14.9 Å². The van der Waals surface area contributed by atoms with Crippen molar-refractivity contribution >= 4 is 50.1 Å². The number of aromatic nitrogens is 2. The molecule has 0 aliphatic heterocycles. The summed E-state index contributed by atoms with van der Waals surface area (Å²) in [5, 5.41) is 10.7. The molecule has 0 fully saturated rings. The molecular weight excluding hydrogens is 339 g/mol. The Morgan fingerprint density at radius 1 is 1.38 bits per heavy atom. The number of nitrogen functional groups attached to an aromatic ring is 1. The van der Waals surface area contributed by atoms with Crippen LogP contribution in [0.15, 0.2) is 24.3 Å². The molecule has 2 aromatic rings. The van der Waals surface area contributed by atoms with Gasteiger partial charge in [-0.3, -0.25) is 10.1 Å². The van der Waals surface area contributed by atoms with Crippen LogP contribution in [0.5, 0.6) is 0 Å². The third kappa shape index (κ3) is 2.47. The Morgan fingerprint density at radius 3 is 2.75 bits per heavy atom. The average molecular weight is 346 g/mol. The Morgan fingerprint density at radius 2 is 2.12 bits per heavy atom. The summed E-state index contributed by atoms with van der Waals surface area (Å²) in [6.07, 6.45) is 0. The lowest BCUT2D eigenvalue weighted by Crippen LogP contribution is -2.13. The molecule has 0 radical (unpaired) electrons. The normalized spacial score (nSPS) is 10.1. The molecule has 0 saturated carbocycles. The van der Waals surface area contributed by atoms with E-state index in [1.54, 1.807) is 6.07 Å². The molecular formula is C9H7IN4OS. The van der Waals surface area contributed by atoms with Gasteiger partial charge in [-0.15, -0.1) is 10.2 Å². The minimum absolute atomic E-state index is 0.207. The van der Waals surface area contributed by atoms with Gasteiger partial charge in [-0.25, -0.2) is 0 Å².